The van der Waals surface area contributed by atoms with Crippen LogP contribution in [0.2, 0.25) is 0 Å². The summed E-state index contributed by atoms with van der Waals surface area (Å²) < 4.78 is 5.46. The Kier molecular flexibility index (Phi) is 6.60. The van der Waals surface area contributed by atoms with Crippen molar-refractivity contribution in [2.45, 2.75) is 6.04 Å². The highest BCUT2D eigenvalue weighted by Crippen LogP contribution is 2.39. The van der Waals surface area contributed by atoms with Crippen LogP contribution in [0.5, 0.6) is 5.75 Å². The molecular weight excluding hydrogens is 392 g/mol. The van der Waals surface area contributed by atoms with Gasteiger partial charge in [0, 0.05) is 31.9 Å². The molecule has 1 heterocycles. The van der Waals surface area contributed by atoms with Gasteiger partial charge in [-0.25, -0.2) is 0 Å². The number of carbonyl (C=O) groups is 2. The molecule has 6 heteroatoms. The number of rotatable bonds is 8. The summed E-state index contributed by atoms with van der Waals surface area (Å²) in [4.78, 5) is 29.0. The molecule has 2 aromatic carbocycles. The van der Waals surface area contributed by atoms with E-state index < -0.39 is 17.7 Å². The third kappa shape index (κ3) is 4.38. The number of ether oxygens (including phenoxy) is 1. The summed E-state index contributed by atoms with van der Waals surface area (Å²) >= 11 is 0. The van der Waals surface area contributed by atoms with Gasteiger partial charge < -0.3 is 19.6 Å². The minimum atomic E-state index is -0.715. The number of anilines is 1. The molecule has 1 aliphatic heterocycles. The predicted molar refractivity (Wildman–Crippen MR) is 122 cm³/mol. The van der Waals surface area contributed by atoms with Crippen LogP contribution in [0.4, 0.5) is 5.69 Å². The van der Waals surface area contributed by atoms with E-state index in [0.717, 1.165) is 11.3 Å². The van der Waals surface area contributed by atoms with Gasteiger partial charge in [-0.15, -0.1) is 6.58 Å². The van der Waals surface area contributed by atoms with Crippen molar-refractivity contribution < 1.29 is 19.4 Å². The van der Waals surface area contributed by atoms with Crippen molar-refractivity contribution in [2.24, 2.45) is 0 Å². The molecule has 6 nitrogen and oxygen atoms in total. The maximum absolute atomic E-state index is 12.9. The minimum absolute atomic E-state index is 0.0595. The van der Waals surface area contributed by atoms with E-state index in [9.17, 15) is 14.7 Å². The normalized spacial score (nSPS) is 17.5. The molecular formula is C25H26N2O4. The van der Waals surface area contributed by atoms with Crippen LogP contribution in [0.1, 0.15) is 17.2 Å². The summed E-state index contributed by atoms with van der Waals surface area (Å²) in [7, 11) is 3.86. The van der Waals surface area contributed by atoms with Gasteiger partial charge in [0.1, 0.15) is 18.1 Å². The third-order valence-electron chi connectivity index (χ3n) is 5.09. The van der Waals surface area contributed by atoms with E-state index in [1.54, 1.807) is 36.4 Å². The van der Waals surface area contributed by atoms with E-state index >= 15 is 0 Å². The Morgan fingerprint density at radius 2 is 1.71 bits per heavy atom. The van der Waals surface area contributed by atoms with E-state index in [-0.39, 0.29) is 17.9 Å². The molecule has 0 bridgehead atoms. The average molecular weight is 418 g/mol. The first kappa shape index (κ1) is 21.9. The number of aliphatic hydroxyl groups is 1. The van der Waals surface area contributed by atoms with Gasteiger partial charge in [0.2, 0.25) is 0 Å². The van der Waals surface area contributed by atoms with Crippen LogP contribution in [0.25, 0.3) is 5.76 Å². The fraction of sp³-hybridized carbons (Fsp3) is 0.200. The lowest BCUT2D eigenvalue weighted by Crippen LogP contribution is -2.29. The molecule has 0 radical (unpaired) electrons. The van der Waals surface area contributed by atoms with Crippen LogP contribution in [-0.4, -0.2) is 48.9 Å². The summed E-state index contributed by atoms with van der Waals surface area (Å²) in [6, 6.07) is 13.5. The first-order valence-corrected chi connectivity index (χ1v) is 9.89. The smallest absolute Gasteiger partial charge is 0.295 e. The Morgan fingerprint density at radius 1 is 1.06 bits per heavy atom. The summed E-state index contributed by atoms with van der Waals surface area (Å²) in [6.07, 6.45) is 3.20. The summed E-state index contributed by atoms with van der Waals surface area (Å²) in [5.41, 5.74) is 2.21. The zero-order valence-electron chi connectivity index (χ0n) is 17.7. The van der Waals surface area contributed by atoms with Crippen molar-refractivity contribution in [3.05, 3.63) is 90.5 Å². The van der Waals surface area contributed by atoms with Crippen molar-refractivity contribution in [1.82, 2.24) is 4.90 Å². The maximum Gasteiger partial charge on any atom is 0.295 e. The number of amides is 1. The van der Waals surface area contributed by atoms with Crippen molar-refractivity contribution >= 4 is 23.1 Å². The average Bonchev–Trinajstić information content (AvgIpc) is 3.03. The molecule has 1 amide bonds. The largest absolute Gasteiger partial charge is 0.507 e. The van der Waals surface area contributed by atoms with Crippen LogP contribution in [-0.2, 0) is 9.59 Å². The number of benzene rings is 2. The number of nitrogens with zero attached hydrogens (tertiary/aromatic N) is 2. The highest BCUT2D eigenvalue weighted by atomic mass is 16.5. The molecule has 0 aromatic heterocycles. The molecule has 1 N–H and O–H groups in total. The maximum atomic E-state index is 12.9. The lowest BCUT2D eigenvalue weighted by molar-refractivity contribution is -0.139. The SMILES string of the molecule is C=CCOc1ccc(/C(O)=C2\C(=O)C(=O)N(CC=C)C2c2ccc(N(C)C)cc2)cc1. The van der Waals surface area contributed by atoms with Crippen molar-refractivity contribution in [3.8, 4) is 5.75 Å². The Bertz CT molecular complexity index is 1020. The molecule has 31 heavy (non-hydrogen) atoms. The van der Waals surface area contributed by atoms with Gasteiger partial charge in [-0.3, -0.25) is 9.59 Å². The van der Waals surface area contributed by atoms with Gasteiger partial charge >= 0.3 is 0 Å². The molecule has 1 atom stereocenters. The first-order chi connectivity index (χ1) is 14.9. The van der Waals surface area contributed by atoms with Crippen molar-refractivity contribution in [2.75, 3.05) is 32.1 Å². The molecule has 160 valence electrons. The fourth-order valence-electron chi connectivity index (χ4n) is 3.53. The van der Waals surface area contributed by atoms with E-state index in [1.807, 2.05) is 43.3 Å². The standard InChI is InChI=1S/C25H26N2O4/c1-5-15-27-22(17-7-11-19(12-8-17)26(3)4)21(24(29)25(27)30)23(28)18-9-13-20(14-10-18)31-16-6-2/h5-14,22,28H,1-2,15-16H2,3-4H3/b23-21+. The van der Waals surface area contributed by atoms with E-state index in [2.05, 4.69) is 13.2 Å². The summed E-state index contributed by atoms with van der Waals surface area (Å²) in [6.45, 7) is 7.86. The van der Waals surface area contributed by atoms with Gasteiger partial charge in [0.15, 0.2) is 0 Å². The molecule has 1 aliphatic rings. The minimum Gasteiger partial charge on any atom is -0.507 e. The Hall–Kier alpha value is -3.80. The zero-order chi connectivity index (χ0) is 22.5. The fourth-order valence-corrected chi connectivity index (χ4v) is 3.53. The molecule has 1 saturated heterocycles. The van der Waals surface area contributed by atoms with Crippen LogP contribution in [0.15, 0.2) is 79.4 Å². The second kappa shape index (κ2) is 9.34. The van der Waals surface area contributed by atoms with Crippen molar-refractivity contribution in [1.29, 1.82) is 0 Å². The van der Waals surface area contributed by atoms with Crippen LogP contribution in [0, 0.1) is 0 Å². The topological polar surface area (TPSA) is 70.1 Å². The molecule has 3 rings (SSSR count). The molecule has 0 aliphatic carbocycles. The molecule has 2 aromatic rings. The molecule has 0 saturated carbocycles. The molecule has 1 unspecified atom stereocenters. The van der Waals surface area contributed by atoms with Crippen molar-refractivity contribution in [3.63, 3.8) is 0 Å². The molecule has 0 spiro atoms. The number of hydrogen-bond acceptors (Lipinski definition) is 5. The van der Waals surface area contributed by atoms with Crippen LogP contribution < -0.4 is 9.64 Å². The quantitative estimate of drug-likeness (QED) is 0.305. The second-order valence-electron chi connectivity index (χ2n) is 7.35. The van der Waals surface area contributed by atoms with E-state index in [4.69, 9.17) is 4.74 Å². The summed E-state index contributed by atoms with van der Waals surface area (Å²) in [5, 5.41) is 11.0. The van der Waals surface area contributed by atoms with E-state index in [0.29, 0.717) is 17.9 Å². The lowest BCUT2D eigenvalue weighted by Gasteiger charge is -2.24. The second-order valence-corrected chi connectivity index (χ2v) is 7.35. The van der Waals surface area contributed by atoms with Gasteiger partial charge in [-0.05, 0) is 42.0 Å². The number of likely N-dealkylation sites (tertiary alicyclic amines) is 1. The lowest BCUT2D eigenvalue weighted by atomic mass is 9.95. The number of carbonyl (C=O) groups excluding carboxylic acids is 2. The third-order valence-corrected chi connectivity index (χ3v) is 5.09. The summed E-state index contributed by atoms with van der Waals surface area (Å²) in [5.74, 6) is -0.983. The molecule has 1 fully saturated rings. The number of hydrogen-bond donors (Lipinski definition) is 1. The number of aliphatic hydroxyl groups excluding tert-OH is 1. The van der Waals surface area contributed by atoms with Crippen LogP contribution >= 0.6 is 0 Å². The Balaban J connectivity index is 2.07. The highest BCUT2D eigenvalue weighted by Gasteiger charge is 2.45. The van der Waals surface area contributed by atoms with Gasteiger partial charge in [-0.2, -0.15) is 0 Å². The van der Waals surface area contributed by atoms with Crippen LogP contribution in [0.3, 0.4) is 0 Å². The first-order valence-electron chi connectivity index (χ1n) is 9.89. The van der Waals surface area contributed by atoms with Gasteiger partial charge in [0.25, 0.3) is 11.7 Å². The van der Waals surface area contributed by atoms with Gasteiger partial charge in [-0.1, -0.05) is 30.9 Å². The predicted octanol–water partition coefficient (Wildman–Crippen LogP) is 3.93. The Morgan fingerprint density at radius 3 is 2.26 bits per heavy atom. The zero-order valence-corrected chi connectivity index (χ0v) is 17.7. The number of Topliss-reactive ketones (excluding diaryl/α,β-unsaturated/α-hetero) is 1. The highest BCUT2D eigenvalue weighted by molar-refractivity contribution is 6.46. The number of ketones is 1. The van der Waals surface area contributed by atoms with E-state index in [1.165, 1.54) is 4.90 Å². The Labute approximate surface area is 182 Å². The van der Waals surface area contributed by atoms with Gasteiger partial charge in [0.05, 0.1) is 11.6 Å². The monoisotopic (exact) mass is 418 g/mol.